The molecule has 0 bridgehead atoms. The van der Waals surface area contributed by atoms with Crippen molar-refractivity contribution in [2.75, 3.05) is 0 Å². The molecule has 2 aliphatic rings. The third kappa shape index (κ3) is 2.94. The Kier molecular flexibility index (Phi) is 4.67. The average molecular weight is 438 g/mol. The molecule has 0 radical (unpaired) electrons. The number of nitrogens with two attached hydrogens (primary N) is 1. The highest BCUT2D eigenvalue weighted by atomic mass is 14.6. The van der Waals surface area contributed by atoms with Crippen LogP contribution in [0, 0.1) is 0 Å². The molecule has 4 aromatic carbocycles. The first kappa shape index (κ1) is 20.5. The van der Waals surface area contributed by atoms with Gasteiger partial charge in [-0.05, 0) is 58.0 Å². The number of fused-ring (bicyclic) bond motifs is 3. The van der Waals surface area contributed by atoms with Gasteiger partial charge in [0.15, 0.2) is 0 Å². The van der Waals surface area contributed by atoms with E-state index in [1.807, 2.05) is 0 Å². The van der Waals surface area contributed by atoms with Crippen LogP contribution in [0.15, 0.2) is 145 Å². The van der Waals surface area contributed by atoms with Crippen LogP contribution < -0.4 is 5.73 Å². The van der Waals surface area contributed by atoms with E-state index in [0.29, 0.717) is 0 Å². The molecule has 6 rings (SSSR count). The summed E-state index contributed by atoms with van der Waals surface area (Å²) in [6.45, 7) is 2.27. The topological polar surface area (TPSA) is 26.0 Å². The quantitative estimate of drug-likeness (QED) is 0.362. The van der Waals surface area contributed by atoms with Gasteiger partial charge in [-0.15, -0.1) is 0 Å². The van der Waals surface area contributed by atoms with Crippen molar-refractivity contribution < 1.29 is 0 Å². The zero-order valence-electron chi connectivity index (χ0n) is 19.3. The second kappa shape index (κ2) is 7.74. The minimum Gasteiger partial charge on any atom is -0.399 e. The van der Waals surface area contributed by atoms with E-state index in [4.69, 9.17) is 5.73 Å². The maximum absolute atomic E-state index is 6.68. The largest absolute Gasteiger partial charge is 0.399 e. The molecule has 0 unspecified atom stereocenters. The van der Waals surface area contributed by atoms with Gasteiger partial charge >= 0.3 is 0 Å². The van der Waals surface area contributed by atoms with Crippen LogP contribution in [-0.4, -0.2) is 0 Å². The zero-order valence-corrected chi connectivity index (χ0v) is 19.3. The average Bonchev–Trinajstić information content (AvgIpc) is 3.05. The van der Waals surface area contributed by atoms with Crippen LogP contribution in [0.3, 0.4) is 0 Å². The highest BCUT2D eigenvalue weighted by molar-refractivity contribution is 5.95. The van der Waals surface area contributed by atoms with E-state index < -0.39 is 5.41 Å². The monoisotopic (exact) mass is 437 g/mol. The minimum absolute atomic E-state index is 0.351. The highest BCUT2D eigenvalue weighted by Gasteiger charge is 2.49. The zero-order chi connectivity index (χ0) is 23.2. The van der Waals surface area contributed by atoms with Gasteiger partial charge in [-0.2, -0.15) is 0 Å². The van der Waals surface area contributed by atoms with Crippen LogP contribution >= 0.6 is 0 Å². The number of benzene rings is 4. The van der Waals surface area contributed by atoms with Crippen molar-refractivity contribution in [3.05, 3.63) is 173 Å². The standard InChI is InChI=1S/C33H27N/c1-32(24-13-5-2-6-14-24)22-27(34)21-29-28-19-11-12-20-30(28)33(31(29)23-32,25-15-7-3-8-16-25)26-17-9-4-10-18-26/h2-23H,34H2,1H3/t32-/m0/s1. The summed E-state index contributed by atoms with van der Waals surface area (Å²) in [5, 5.41) is 0. The van der Waals surface area contributed by atoms with Crippen LogP contribution in [-0.2, 0) is 10.8 Å². The van der Waals surface area contributed by atoms with E-state index in [0.717, 1.165) is 5.70 Å². The molecule has 0 saturated heterocycles. The molecular formula is C33H27N. The molecule has 0 heterocycles. The van der Waals surface area contributed by atoms with E-state index in [1.54, 1.807) is 0 Å². The highest BCUT2D eigenvalue weighted by Crippen LogP contribution is 2.58. The molecule has 1 heteroatoms. The lowest BCUT2D eigenvalue weighted by molar-refractivity contribution is 0.710. The van der Waals surface area contributed by atoms with Crippen molar-refractivity contribution in [3.8, 4) is 0 Å². The van der Waals surface area contributed by atoms with Crippen molar-refractivity contribution in [1.82, 2.24) is 0 Å². The molecular weight excluding hydrogens is 410 g/mol. The second-order valence-corrected chi connectivity index (χ2v) is 9.44. The van der Waals surface area contributed by atoms with E-state index in [-0.39, 0.29) is 5.41 Å². The fraction of sp³-hybridized carbons (Fsp3) is 0.0909. The van der Waals surface area contributed by atoms with E-state index >= 15 is 0 Å². The Morgan fingerprint density at radius 2 is 1.06 bits per heavy atom. The predicted octanol–water partition coefficient (Wildman–Crippen LogP) is 7.16. The Morgan fingerprint density at radius 3 is 1.65 bits per heavy atom. The van der Waals surface area contributed by atoms with E-state index in [9.17, 15) is 0 Å². The Labute approximate surface area is 201 Å². The summed E-state index contributed by atoms with van der Waals surface area (Å²) >= 11 is 0. The summed E-state index contributed by atoms with van der Waals surface area (Å²) in [6, 6.07) is 41.3. The third-order valence-electron chi connectivity index (χ3n) is 7.35. The fourth-order valence-corrected chi connectivity index (χ4v) is 5.90. The first-order valence-electron chi connectivity index (χ1n) is 11.8. The molecule has 1 atom stereocenters. The van der Waals surface area contributed by atoms with Gasteiger partial charge in [0.05, 0.1) is 5.41 Å². The van der Waals surface area contributed by atoms with Crippen LogP contribution in [0.4, 0.5) is 0 Å². The van der Waals surface area contributed by atoms with Crippen molar-refractivity contribution >= 4 is 5.57 Å². The maximum Gasteiger partial charge on any atom is 0.0710 e. The van der Waals surface area contributed by atoms with Crippen molar-refractivity contribution in [1.29, 1.82) is 0 Å². The van der Waals surface area contributed by atoms with Gasteiger partial charge in [0.2, 0.25) is 0 Å². The van der Waals surface area contributed by atoms with Gasteiger partial charge in [0.1, 0.15) is 0 Å². The van der Waals surface area contributed by atoms with Crippen LogP contribution in [0.5, 0.6) is 0 Å². The first-order chi connectivity index (χ1) is 16.6. The second-order valence-electron chi connectivity index (χ2n) is 9.44. The van der Waals surface area contributed by atoms with Gasteiger partial charge in [0.25, 0.3) is 0 Å². The molecule has 34 heavy (non-hydrogen) atoms. The Morgan fingerprint density at radius 1 is 0.559 bits per heavy atom. The molecule has 0 fully saturated rings. The molecule has 2 aliphatic carbocycles. The molecule has 2 N–H and O–H groups in total. The first-order valence-corrected chi connectivity index (χ1v) is 11.8. The number of allylic oxidation sites excluding steroid dienone is 5. The molecule has 164 valence electrons. The minimum atomic E-state index is -0.431. The number of hydrogen-bond donors (Lipinski definition) is 1. The van der Waals surface area contributed by atoms with Gasteiger partial charge in [-0.3, -0.25) is 0 Å². The van der Waals surface area contributed by atoms with Crippen molar-refractivity contribution in [2.45, 2.75) is 17.8 Å². The van der Waals surface area contributed by atoms with Crippen molar-refractivity contribution in [3.63, 3.8) is 0 Å². The fourth-order valence-electron chi connectivity index (χ4n) is 5.90. The number of rotatable bonds is 3. The normalized spacial score (nSPS) is 20.3. The maximum atomic E-state index is 6.68. The Hall–Kier alpha value is -4.10. The van der Waals surface area contributed by atoms with Crippen LogP contribution in [0.1, 0.15) is 34.7 Å². The summed E-state index contributed by atoms with van der Waals surface area (Å²) < 4.78 is 0. The van der Waals surface area contributed by atoms with Gasteiger partial charge in [-0.1, -0.05) is 121 Å². The summed E-state index contributed by atoms with van der Waals surface area (Å²) in [4.78, 5) is 0. The molecule has 0 amide bonds. The Bertz CT molecular complexity index is 1400. The van der Waals surface area contributed by atoms with Crippen LogP contribution in [0.2, 0.25) is 0 Å². The van der Waals surface area contributed by atoms with E-state index in [1.165, 1.54) is 39.0 Å². The lowest BCUT2D eigenvalue weighted by Crippen LogP contribution is -2.30. The SMILES string of the molecule is C[C@]1(c2ccccc2)C=C(N)C=C2C(=C1)C(c1ccccc1)(c1ccccc1)c1ccccc12. The lowest BCUT2D eigenvalue weighted by Gasteiger charge is -2.36. The van der Waals surface area contributed by atoms with Gasteiger partial charge < -0.3 is 5.73 Å². The summed E-state index contributed by atoms with van der Waals surface area (Å²) in [7, 11) is 0. The molecule has 0 aliphatic heterocycles. The summed E-state index contributed by atoms with van der Waals surface area (Å²) in [5.41, 5.74) is 15.5. The molecule has 0 spiro atoms. The predicted molar refractivity (Wildman–Crippen MR) is 141 cm³/mol. The lowest BCUT2D eigenvalue weighted by atomic mass is 9.65. The Balaban J connectivity index is 1.77. The molecule has 1 nitrogen and oxygen atoms in total. The number of hydrogen-bond acceptors (Lipinski definition) is 1. The van der Waals surface area contributed by atoms with Crippen LogP contribution in [0.25, 0.3) is 5.57 Å². The molecule has 0 aromatic heterocycles. The molecule has 4 aromatic rings. The van der Waals surface area contributed by atoms with Gasteiger partial charge in [0, 0.05) is 11.1 Å². The smallest absolute Gasteiger partial charge is 0.0710 e. The van der Waals surface area contributed by atoms with Crippen molar-refractivity contribution in [2.24, 2.45) is 5.73 Å². The van der Waals surface area contributed by atoms with Gasteiger partial charge in [-0.25, -0.2) is 0 Å². The molecule has 0 saturated carbocycles. The summed E-state index contributed by atoms with van der Waals surface area (Å²) in [5.74, 6) is 0. The van der Waals surface area contributed by atoms with E-state index in [2.05, 4.69) is 140 Å². The summed E-state index contributed by atoms with van der Waals surface area (Å²) in [6.07, 6.45) is 6.82. The third-order valence-corrected chi connectivity index (χ3v) is 7.35.